The van der Waals surface area contributed by atoms with Crippen LogP contribution in [0.25, 0.3) is 22.2 Å². The first-order valence-corrected chi connectivity index (χ1v) is 9.00. The molecule has 5 nitrogen and oxygen atoms in total. The highest BCUT2D eigenvalue weighted by Crippen LogP contribution is 2.33. The average Bonchev–Trinajstić information content (AvgIpc) is 2.72. The molecule has 1 N–H and O–H groups in total. The summed E-state index contributed by atoms with van der Waals surface area (Å²) < 4.78 is 10.7. The van der Waals surface area contributed by atoms with Gasteiger partial charge in [0.2, 0.25) is 0 Å². The SMILES string of the molecule is CC[C@H](C)NC(=O)c1cc(-c2ccc(OC)c(OC)c2)nc2ccccc12. The van der Waals surface area contributed by atoms with Crippen molar-refractivity contribution in [2.75, 3.05) is 14.2 Å². The van der Waals surface area contributed by atoms with E-state index in [4.69, 9.17) is 14.5 Å². The Kier molecular flexibility index (Phi) is 5.60. The summed E-state index contributed by atoms with van der Waals surface area (Å²) in [6.45, 7) is 4.04. The van der Waals surface area contributed by atoms with Crippen LogP contribution in [0.5, 0.6) is 11.5 Å². The van der Waals surface area contributed by atoms with Crippen LogP contribution >= 0.6 is 0 Å². The fourth-order valence-corrected chi connectivity index (χ4v) is 2.91. The molecule has 1 heterocycles. The second-order valence-electron chi connectivity index (χ2n) is 6.42. The van der Waals surface area contributed by atoms with Gasteiger partial charge in [0.05, 0.1) is 31.0 Å². The molecule has 0 fully saturated rings. The van der Waals surface area contributed by atoms with Crippen molar-refractivity contribution in [1.82, 2.24) is 10.3 Å². The molecular formula is C22H24N2O3. The number of pyridine rings is 1. The number of ether oxygens (including phenoxy) is 2. The van der Waals surface area contributed by atoms with Crippen LogP contribution < -0.4 is 14.8 Å². The van der Waals surface area contributed by atoms with E-state index < -0.39 is 0 Å². The Morgan fingerprint density at radius 2 is 1.81 bits per heavy atom. The van der Waals surface area contributed by atoms with E-state index in [9.17, 15) is 4.79 Å². The van der Waals surface area contributed by atoms with E-state index in [1.165, 1.54) is 0 Å². The molecule has 0 bridgehead atoms. The zero-order chi connectivity index (χ0) is 19.4. The molecule has 1 aromatic heterocycles. The number of carbonyl (C=O) groups excluding carboxylic acids is 1. The standard InChI is InChI=1S/C22H24N2O3/c1-5-14(2)23-22(25)17-13-19(24-18-9-7-6-8-16(17)18)15-10-11-20(26-3)21(12-15)27-4/h6-14H,5H2,1-4H3,(H,23,25)/t14-/m0/s1. The molecule has 1 atom stereocenters. The van der Waals surface area contributed by atoms with Crippen LogP contribution in [0.4, 0.5) is 0 Å². The number of carbonyl (C=O) groups is 1. The van der Waals surface area contributed by atoms with Gasteiger partial charge in [0.25, 0.3) is 5.91 Å². The maximum atomic E-state index is 12.9. The van der Waals surface area contributed by atoms with Gasteiger partial charge in [-0.2, -0.15) is 0 Å². The van der Waals surface area contributed by atoms with E-state index in [0.29, 0.717) is 22.8 Å². The molecule has 0 unspecified atom stereocenters. The van der Waals surface area contributed by atoms with E-state index >= 15 is 0 Å². The van der Waals surface area contributed by atoms with Crippen molar-refractivity contribution in [3.8, 4) is 22.8 Å². The number of aromatic nitrogens is 1. The van der Waals surface area contributed by atoms with Gasteiger partial charge in [-0.25, -0.2) is 4.98 Å². The number of hydrogen-bond donors (Lipinski definition) is 1. The second kappa shape index (κ2) is 8.08. The van der Waals surface area contributed by atoms with Gasteiger partial charge < -0.3 is 14.8 Å². The minimum atomic E-state index is -0.0929. The smallest absolute Gasteiger partial charge is 0.252 e. The summed E-state index contributed by atoms with van der Waals surface area (Å²) in [7, 11) is 3.20. The Morgan fingerprint density at radius 1 is 1.07 bits per heavy atom. The fraction of sp³-hybridized carbons (Fsp3) is 0.273. The number of benzene rings is 2. The largest absolute Gasteiger partial charge is 0.493 e. The first-order chi connectivity index (χ1) is 13.1. The number of nitrogens with one attached hydrogen (secondary N) is 1. The molecule has 0 saturated carbocycles. The number of nitrogens with zero attached hydrogens (tertiary/aromatic N) is 1. The van der Waals surface area contributed by atoms with Gasteiger partial charge in [-0.15, -0.1) is 0 Å². The van der Waals surface area contributed by atoms with Crippen molar-refractivity contribution >= 4 is 16.8 Å². The number of methoxy groups -OCH3 is 2. The highest BCUT2D eigenvalue weighted by atomic mass is 16.5. The minimum Gasteiger partial charge on any atom is -0.493 e. The van der Waals surface area contributed by atoms with E-state index in [0.717, 1.165) is 22.9 Å². The number of amides is 1. The third-order valence-electron chi connectivity index (χ3n) is 4.63. The highest BCUT2D eigenvalue weighted by molar-refractivity contribution is 6.07. The summed E-state index contributed by atoms with van der Waals surface area (Å²) in [6, 6.07) is 15.2. The predicted molar refractivity (Wildman–Crippen MR) is 108 cm³/mol. The van der Waals surface area contributed by atoms with Gasteiger partial charge in [-0.3, -0.25) is 4.79 Å². The summed E-state index contributed by atoms with van der Waals surface area (Å²) in [5.41, 5.74) is 2.96. The summed E-state index contributed by atoms with van der Waals surface area (Å²) in [6.07, 6.45) is 0.872. The average molecular weight is 364 g/mol. The summed E-state index contributed by atoms with van der Waals surface area (Å²) >= 11 is 0. The molecule has 3 aromatic rings. The molecule has 2 aromatic carbocycles. The number of rotatable bonds is 6. The lowest BCUT2D eigenvalue weighted by molar-refractivity contribution is 0.0941. The van der Waals surface area contributed by atoms with E-state index in [-0.39, 0.29) is 11.9 Å². The lowest BCUT2D eigenvalue weighted by Crippen LogP contribution is -2.32. The zero-order valence-corrected chi connectivity index (χ0v) is 16.1. The fourth-order valence-electron chi connectivity index (χ4n) is 2.91. The molecule has 0 aliphatic rings. The zero-order valence-electron chi connectivity index (χ0n) is 16.1. The first kappa shape index (κ1) is 18.7. The lowest BCUT2D eigenvalue weighted by Gasteiger charge is -2.15. The Morgan fingerprint density at radius 3 is 2.52 bits per heavy atom. The van der Waals surface area contributed by atoms with Crippen LogP contribution in [0.3, 0.4) is 0 Å². The van der Waals surface area contributed by atoms with Crippen molar-refractivity contribution in [2.24, 2.45) is 0 Å². The van der Waals surface area contributed by atoms with Crippen molar-refractivity contribution in [3.05, 3.63) is 54.1 Å². The molecule has 0 aliphatic carbocycles. The Bertz CT molecular complexity index is 969. The van der Waals surface area contributed by atoms with Crippen molar-refractivity contribution in [3.63, 3.8) is 0 Å². The molecule has 5 heteroatoms. The highest BCUT2D eigenvalue weighted by Gasteiger charge is 2.16. The number of para-hydroxylation sites is 1. The summed E-state index contributed by atoms with van der Waals surface area (Å²) in [5, 5.41) is 3.88. The molecule has 0 saturated heterocycles. The first-order valence-electron chi connectivity index (χ1n) is 9.00. The maximum Gasteiger partial charge on any atom is 0.252 e. The van der Waals surface area contributed by atoms with Gasteiger partial charge in [-0.05, 0) is 43.7 Å². The molecular weight excluding hydrogens is 340 g/mol. The molecule has 3 rings (SSSR count). The topological polar surface area (TPSA) is 60.5 Å². The summed E-state index contributed by atoms with van der Waals surface area (Å²) in [4.78, 5) is 17.6. The molecule has 27 heavy (non-hydrogen) atoms. The van der Waals surface area contributed by atoms with Crippen LogP contribution in [-0.4, -0.2) is 31.2 Å². The van der Waals surface area contributed by atoms with E-state index in [2.05, 4.69) is 5.32 Å². The van der Waals surface area contributed by atoms with Crippen LogP contribution in [0.1, 0.15) is 30.6 Å². The Labute approximate surface area is 159 Å². The number of hydrogen-bond acceptors (Lipinski definition) is 4. The summed E-state index contributed by atoms with van der Waals surface area (Å²) in [5.74, 6) is 1.18. The molecule has 140 valence electrons. The minimum absolute atomic E-state index is 0.0929. The van der Waals surface area contributed by atoms with Crippen LogP contribution in [0.15, 0.2) is 48.5 Å². The Balaban J connectivity index is 2.13. The van der Waals surface area contributed by atoms with Gasteiger partial charge in [0, 0.05) is 17.0 Å². The molecule has 0 spiro atoms. The van der Waals surface area contributed by atoms with Crippen LogP contribution in [0, 0.1) is 0 Å². The van der Waals surface area contributed by atoms with Gasteiger partial charge >= 0.3 is 0 Å². The van der Waals surface area contributed by atoms with Crippen molar-refractivity contribution in [2.45, 2.75) is 26.3 Å². The maximum absolute atomic E-state index is 12.9. The van der Waals surface area contributed by atoms with Crippen molar-refractivity contribution in [1.29, 1.82) is 0 Å². The molecule has 0 radical (unpaired) electrons. The third kappa shape index (κ3) is 3.87. The lowest BCUT2D eigenvalue weighted by atomic mass is 10.0. The number of fused-ring (bicyclic) bond motifs is 1. The Hall–Kier alpha value is -3.08. The monoisotopic (exact) mass is 364 g/mol. The molecule has 0 aliphatic heterocycles. The van der Waals surface area contributed by atoms with Crippen molar-refractivity contribution < 1.29 is 14.3 Å². The second-order valence-corrected chi connectivity index (χ2v) is 6.42. The molecule has 1 amide bonds. The van der Waals surface area contributed by atoms with Crippen LogP contribution in [-0.2, 0) is 0 Å². The van der Waals surface area contributed by atoms with Gasteiger partial charge in [0.15, 0.2) is 11.5 Å². The van der Waals surface area contributed by atoms with Gasteiger partial charge in [0.1, 0.15) is 0 Å². The normalized spacial score (nSPS) is 11.9. The van der Waals surface area contributed by atoms with Gasteiger partial charge in [-0.1, -0.05) is 25.1 Å². The predicted octanol–water partition coefficient (Wildman–Crippen LogP) is 4.45. The van der Waals surface area contributed by atoms with E-state index in [1.807, 2.05) is 62.4 Å². The third-order valence-corrected chi connectivity index (χ3v) is 4.63. The van der Waals surface area contributed by atoms with Crippen LogP contribution in [0.2, 0.25) is 0 Å². The van der Waals surface area contributed by atoms with E-state index in [1.54, 1.807) is 14.2 Å². The quantitative estimate of drug-likeness (QED) is 0.702.